The summed E-state index contributed by atoms with van der Waals surface area (Å²) < 4.78 is 48.7. The van der Waals surface area contributed by atoms with Crippen LogP contribution in [0.4, 0.5) is 5.69 Å². The first-order valence-corrected chi connectivity index (χ1v) is 12.7. The largest absolute Gasteiger partial charge is 0.348 e. The highest BCUT2D eigenvalue weighted by Gasteiger charge is 2.22. The minimum Gasteiger partial charge on any atom is -0.348 e. The Morgan fingerprint density at radius 1 is 0.966 bits per heavy atom. The number of nitrogens with one attached hydrogen (secondary N) is 1. The quantitative estimate of drug-likeness (QED) is 0.715. The number of carbonyl (C=O) groups is 1. The van der Waals surface area contributed by atoms with E-state index in [0.29, 0.717) is 11.3 Å². The average molecular weight is 439 g/mol. The molecule has 1 amide bonds. The molecule has 0 radical (unpaired) electrons. The summed E-state index contributed by atoms with van der Waals surface area (Å²) in [4.78, 5) is 12.7. The highest BCUT2D eigenvalue weighted by Crippen LogP contribution is 2.22. The molecule has 0 fully saturated rings. The van der Waals surface area contributed by atoms with Crippen molar-refractivity contribution >= 4 is 31.5 Å². The molecule has 1 atom stereocenters. The molecular formula is C20H26N2O5S2. The highest BCUT2D eigenvalue weighted by atomic mass is 32.2. The number of hydrogen-bond acceptors (Lipinski definition) is 5. The van der Waals surface area contributed by atoms with E-state index in [1.54, 1.807) is 31.2 Å². The van der Waals surface area contributed by atoms with Crippen LogP contribution in [0.25, 0.3) is 0 Å². The van der Waals surface area contributed by atoms with Crippen LogP contribution in [0.1, 0.15) is 29.7 Å². The lowest BCUT2D eigenvalue weighted by Crippen LogP contribution is -2.41. The first-order chi connectivity index (χ1) is 13.3. The Balaban J connectivity index is 2.18. The van der Waals surface area contributed by atoms with Gasteiger partial charge >= 0.3 is 0 Å². The molecule has 2 aromatic carbocycles. The van der Waals surface area contributed by atoms with E-state index in [2.05, 4.69) is 5.32 Å². The topological polar surface area (TPSA) is 101 Å². The molecule has 0 spiro atoms. The van der Waals surface area contributed by atoms with Gasteiger partial charge in [-0.3, -0.25) is 9.10 Å². The summed E-state index contributed by atoms with van der Waals surface area (Å²) in [5.74, 6) is -0.464. The third kappa shape index (κ3) is 6.30. The van der Waals surface area contributed by atoms with Crippen LogP contribution in [-0.4, -0.2) is 41.8 Å². The summed E-state index contributed by atoms with van der Waals surface area (Å²) in [5.41, 5.74) is 2.94. The van der Waals surface area contributed by atoms with E-state index in [9.17, 15) is 21.6 Å². The summed E-state index contributed by atoms with van der Waals surface area (Å²) in [7, 11) is -6.96. The Morgan fingerprint density at radius 2 is 1.48 bits per heavy atom. The molecule has 0 aliphatic rings. The van der Waals surface area contributed by atoms with Gasteiger partial charge in [0.2, 0.25) is 15.9 Å². The zero-order valence-corrected chi connectivity index (χ0v) is 18.8. The second kappa shape index (κ2) is 8.54. The van der Waals surface area contributed by atoms with Crippen LogP contribution < -0.4 is 9.62 Å². The molecule has 0 unspecified atom stereocenters. The predicted molar refractivity (Wildman–Crippen MR) is 114 cm³/mol. The van der Waals surface area contributed by atoms with E-state index in [0.717, 1.165) is 27.9 Å². The number of benzene rings is 2. The van der Waals surface area contributed by atoms with Crippen molar-refractivity contribution < 1.29 is 21.6 Å². The standard InChI is InChI=1S/C20H26N2O5S2/c1-14-10-15(2)12-18(11-14)22(29(5,26)27)13-20(23)21-16(3)17-6-8-19(9-7-17)28(4,24)25/h6-12,16H,13H2,1-5H3,(H,21,23)/t16-/m0/s1. The number of sulfonamides is 1. The zero-order chi connectivity index (χ0) is 22.0. The summed E-state index contributed by atoms with van der Waals surface area (Å²) in [6, 6.07) is 11.1. The van der Waals surface area contributed by atoms with Gasteiger partial charge in [0.05, 0.1) is 22.9 Å². The van der Waals surface area contributed by atoms with Crippen LogP contribution in [0, 0.1) is 13.8 Å². The van der Waals surface area contributed by atoms with Crippen LogP contribution in [-0.2, 0) is 24.7 Å². The van der Waals surface area contributed by atoms with Crippen LogP contribution in [0.2, 0.25) is 0 Å². The van der Waals surface area contributed by atoms with Gasteiger partial charge in [0.25, 0.3) is 0 Å². The van der Waals surface area contributed by atoms with Gasteiger partial charge in [0.15, 0.2) is 9.84 Å². The van der Waals surface area contributed by atoms with Crippen LogP contribution in [0.3, 0.4) is 0 Å². The van der Waals surface area contributed by atoms with Crippen molar-refractivity contribution in [1.82, 2.24) is 5.32 Å². The van der Waals surface area contributed by atoms with E-state index < -0.39 is 31.8 Å². The monoisotopic (exact) mass is 438 g/mol. The lowest BCUT2D eigenvalue weighted by atomic mass is 10.1. The number of nitrogens with zero attached hydrogens (tertiary/aromatic N) is 1. The number of sulfone groups is 1. The Morgan fingerprint density at radius 3 is 1.93 bits per heavy atom. The molecule has 0 saturated carbocycles. The molecule has 0 saturated heterocycles. The van der Waals surface area contributed by atoms with Crippen molar-refractivity contribution in [1.29, 1.82) is 0 Å². The van der Waals surface area contributed by atoms with E-state index in [1.165, 1.54) is 12.1 Å². The summed E-state index contributed by atoms with van der Waals surface area (Å²) >= 11 is 0. The summed E-state index contributed by atoms with van der Waals surface area (Å²) in [5, 5.41) is 2.76. The maximum atomic E-state index is 12.5. The number of anilines is 1. The Labute approximate surface area is 172 Å². The van der Waals surface area contributed by atoms with Gasteiger partial charge in [-0.2, -0.15) is 0 Å². The lowest BCUT2D eigenvalue weighted by Gasteiger charge is -2.24. The molecule has 0 aliphatic heterocycles. The van der Waals surface area contributed by atoms with Crippen molar-refractivity contribution in [2.75, 3.05) is 23.4 Å². The van der Waals surface area contributed by atoms with Crippen molar-refractivity contribution in [2.45, 2.75) is 31.7 Å². The maximum Gasteiger partial charge on any atom is 0.241 e. The van der Waals surface area contributed by atoms with Gasteiger partial charge in [-0.1, -0.05) is 18.2 Å². The molecule has 1 N–H and O–H groups in total. The number of amides is 1. The molecule has 29 heavy (non-hydrogen) atoms. The maximum absolute atomic E-state index is 12.5. The smallest absolute Gasteiger partial charge is 0.241 e. The van der Waals surface area contributed by atoms with Gasteiger partial charge in [0.1, 0.15) is 6.54 Å². The first kappa shape index (κ1) is 22.9. The fourth-order valence-electron chi connectivity index (χ4n) is 3.00. The normalized spacial score (nSPS) is 13.0. The first-order valence-electron chi connectivity index (χ1n) is 8.93. The third-order valence-corrected chi connectivity index (χ3v) is 6.64. The van der Waals surface area contributed by atoms with Crippen molar-refractivity contribution in [3.05, 3.63) is 59.2 Å². The predicted octanol–water partition coefficient (Wildman–Crippen LogP) is 2.35. The van der Waals surface area contributed by atoms with Crippen LogP contribution in [0.15, 0.2) is 47.4 Å². The van der Waals surface area contributed by atoms with Crippen LogP contribution in [0.5, 0.6) is 0 Å². The van der Waals surface area contributed by atoms with Crippen molar-refractivity contribution in [3.63, 3.8) is 0 Å². The fraction of sp³-hybridized carbons (Fsp3) is 0.350. The second-order valence-electron chi connectivity index (χ2n) is 7.25. The molecule has 0 aliphatic carbocycles. The summed E-state index contributed by atoms with van der Waals surface area (Å²) in [6.45, 7) is 5.11. The minimum absolute atomic E-state index is 0.192. The van der Waals surface area contributed by atoms with Gasteiger partial charge in [-0.05, 0) is 61.7 Å². The number of carbonyl (C=O) groups excluding carboxylic acids is 1. The highest BCUT2D eigenvalue weighted by molar-refractivity contribution is 7.92. The van der Waals surface area contributed by atoms with Crippen molar-refractivity contribution in [3.8, 4) is 0 Å². The van der Waals surface area contributed by atoms with Gasteiger partial charge < -0.3 is 5.32 Å². The molecule has 9 heteroatoms. The van der Waals surface area contributed by atoms with Gasteiger partial charge in [0, 0.05) is 6.26 Å². The number of hydrogen-bond donors (Lipinski definition) is 1. The molecule has 2 rings (SSSR count). The van der Waals surface area contributed by atoms with Gasteiger partial charge in [-0.15, -0.1) is 0 Å². The SMILES string of the molecule is Cc1cc(C)cc(N(CC(=O)N[C@@H](C)c2ccc(S(C)(=O)=O)cc2)S(C)(=O)=O)c1. The molecule has 7 nitrogen and oxygen atoms in total. The molecule has 0 heterocycles. The Bertz CT molecular complexity index is 1090. The third-order valence-electron chi connectivity index (χ3n) is 4.37. The second-order valence-corrected chi connectivity index (χ2v) is 11.2. The van der Waals surface area contributed by atoms with Crippen molar-refractivity contribution in [2.24, 2.45) is 0 Å². The average Bonchev–Trinajstić information content (AvgIpc) is 2.57. The molecule has 2 aromatic rings. The van der Waals surface area contributed by atoms with Gasteiger partial charge in [-0.25, -0.2) is 16.8 Å². The molecular weight excluding hydrogens is 412 g/mol. The molecule has 0 aromatic heterocycles. The van der Waals surface area contributed by atoms with Crippen LogP contribution >= 0.6 is 0 Å². The zero-order valence-electron chi connectivity index (χ0n) is 17.1. The Hall–Kier alpha value is -2.39. The van der Waals surface area contributed by atoms with E-state index in [-0.39, 0.29) is 11.4 Å². The number of aryl methyl sites for hydroxylation is 2. The summed E-state index contributed by atoms with van der Waals surface area (Å²) in [6.07, 6.45) is 2.19. The minimum atomic E-state index is -3.66. The lowest BCUT2D eigenvalue weighted by molar-refractivity contribution is -0.120. The Kier molecular flexibility index (Phi) is 6.74. The van der Waals surface area contributed by atoms with E-state index in [1.807, 2.05) is 19.9 Å². The molecule has 158 valence electrons. The number of rotatable bonds is 7. The van der Waals surface area contributed by atoms with E-state index in [4.69, 9.17) is 0 Å². The fourth-order valence-corrected chi connectivity index (χ4v) is 4.47. The van der Waals surface area contributed by atoms with E-state index >= 15 is 0 Å². The molecule has 0 bridgehead atoms.